The number of hydrogen-bond acceptors (Lipinski definition) is 6. The molecule has 0 saturated carbocycles. The molecular weight excluding hydrogens is 314 g/mol. The Bertz CT molecular complexity index is 751. The molecule has 0 amide bonds. The van der Waals surface area contributed by atoms with Gasteiger partial charge in [0, 0.05) is 18.2 Å². The summed E-state index contributed by atoms with van der Waals surface area (Å²) >= 11 is 0. The zero-order chi connectivity index (χ0) is 17.2. The Balaban J connectivity index is 2.08. The van der Waals surface area contributed by atoms with E-state index in [2.05, 4.69) is 22.0 Å². The van der Waals surface area contributed by atoms with Crippen molar-refractivity contribution in [3.8, 4) is 0 Å². The summed E-state index contributed by atoms with van der Waals surface area (Å²) in [6.45, 7) is 6.62. The average molecular weight is 337 g/mol. The molecule has 1 aromatic heterocycles. The zero-order valence-electron chi connectivity index (χ0n) is 14.1. The second kappa shape index (κ2) is 6.80. The van der Waals surface area contributed by atoms with Crippen molar-refractivity contribution in [2.75, 3.05) is 13.3 Å². The Morgan fingerprint density at radius 2 is 1.78 bits per heavy atom. The number of nitrogens with zero attached hydrogens (tertiary/aromatic N) is 3. The molecule has 0 aliphatic carbocycles. The summed E-state index contributed by atoms with van der Waals surface area (Å²) in [5, 5.41) is 3.96. The van der Waals surface area contributed by atoms with Gasteiger partial charge in [-0.1, -0.05) is 31.1 Å². The number of hydrogen-bond donors (Lipinski definition) is 0. The molecule has 6 nitrogen and oxygen atoms in total. The molecule has 2 aromatic rings. The maximum atomic E-state index is 11.5. The molecular formula is C16H23N3O3S. The molecule has 1 atom stereocenters. The third kappa shape index (κ3) is 4.39. The van der Waals surface area contributed by atoms with Crippen LogP contribution in [0, 0.1) is 0 Å². The molecule has 7 heteroatoms. The molecule has 2 rings (SSSR count). The second-order valence-corrected chi connectivity index (χ2v) is 8.15. The van der Waals surface area contributed by atoms with Crippen LogP contribution < -0.4 is 0 Å². The van der Waals surface area contributed by atoms with Crippen molar-refractivity contribution >= 4 is 9.84 Å². The lowest BCUT2D eigenvalue weighted by Gasteiger charge is -2.23. The molecule has 23 heavy (non-hydrogen) atoms. The van der Waals surface area contributed by atoms with Gasteiger partial charge in [-0.2, -0.15) is 4.98 Å². The van der Waals surface area contributed by atoms with Gasteiger partial charge < -0.3 is 4.52 Å². The molecule has 0 saturated heterocycles. The summed E-state index contributed by atoms with van der Waals surface area (Å²) in [6, 6.07) is 7.05. The van der Waals surface area contributed by atoms with Crippen LogP contribution in [0.1, 0.15) is 50.0 Å². The first-order valence-electron chi connectivity index (χ1n) is 7.51. The average Bonchev–Trinajstić information content (AvgIpc) is 2.94. The van der Waals surface area contributed by atoms with Crippen LogP contribution in [-0.2, 0) is 16.4 Å². The molecule has 1 unspecified atom stereocenters. The summed E-state index contributed by atoms with van der Waals surface area (Å²) in [6.07, 6.45) is 1.21. The van der Waals surface area contributed by atoms with Crippen LogP contribution in [0.4, 0.5) is 0 Å². The summed E-state index contributed by atoms with van der Waals surface area (Å²) in [4.78, 5) is 6.78. The topological polar surface area (TPSA) is 76.3 Å². The van der Waals surface area contributed by atoms with E-state index >= 15 is 0 Å². The van der Waals surface area contributed by atoms with E-state index in [9.17, 15) is 8.42 Å². The fourth-order valence-corrected chi connectivity index (χ4v) is 2.80. The Morgan fingerprint density at radius 3 is 2.26 bits per heavy atom. The smallest absolute Gasteiger partial charge is 0.240 e. The van der Waals surface area contributed by atoms with Crippen molar-refractivity contribution in [1.29, 1.82) is 0 Å². The van der Waals surface area contributed by atoms with Crippen LogP contribution >= 0.6 is 0 Å². The van der Waals surface area contributed by atoms with Gasteiger partial charge in [0.05, 0.1) is 11.4 Å². The van der Waals surface area contributed by atoms with Crippen LogP contribution in [0.25, 0.3) is 0 Å². The fraction of sp³-hybridized carbons (Fsp3) is 0.500. The van der Waals surface area contributed by atoms with E-state index in [1.165, 1.54) is 6.26 Å². The Labute approximate surface area is 137 Å². The van der Waals surface area contributed by atoms with Gasteiger partial charge in [0.2, 0.25) is 5.89 Å². The van der Waals surface area contributed by atoms with E-state index in [1.54, 1.807) is 12.1 Å². The van der Waals surface area contributed by atoms with Crippen molar-refractivity contribution in [3.63, 3.8) is 0 Å². The molecule has 0 N–H and O–H groups in total. The maximum Gasteiger partial charge on any atom is 0.240 e. The molecule has 0 fully saturated rings. The summed E-state index contributed by atoms with van der Waals surface area (Å²) in [5.74, 6) is 1.52. The van der Waals surface area contributed by atoms with Crippen LogP contribution in [0.3, 0.4) is 0 Å². The highest BCUT2D eigenvalue weighted by molar-refractivity contribution is 7.90. The fourth-order valence-electron chi connectivity index (χ4n) is 2.17. The standard InChI is InChI=1S/C16H23N3O3S/c1-11(2)16-17-15(22-18-16)10-19(4)12(3)13-6-8-14(9-7-13)23(5,20)21/h6-9,11-12H,10H2,1-5H3. The van der Waals surface area contributed by atoms with Crippen molar-refractivity contribution in [1.82, 2.24) is 15.0 Å². The van der Waals surface area contributed by atoms with Crippen LogP contribution in [0.15, 0.2) is 33.7 Å². The lowest BCUT2D eigenvalue weighted by atomic mass is 10.1. The summed E-state index contributed by atoms with van der Waals surface area (Å²) in [5.41, 5.74) is 1.03. The molecule has 0 bridgehead atoms. The highest BCUT2D eigenvalue weighted by Crippen LogP contribution is 2.22. The van der Waals surface area contributed by atoms with E-state index in [0.29, 0.717) is 23.2 Å². The Hall–Kier alpha value is -1.73. The molecule has 0 aliphatic heterocycles. The summed E-state index contributed by atoms with van der Waals surface area (Å²) in [7, 11) is -1.20. The molecule has 126 valence electrons. The monoisotopic (exact) mass is 337 g/mol. The quantitative estimate of drug-likeness (QED) is 0.807. The first-order valence-corrected chi connectivity index (χ1v) is 9.40. The van der Waals surface area contributed by atoms with Gasteiger partial charge in [-0.25, -0.2) is 8.42 Å². The Kier molecular flexibility index (Phi) is 5.21. The van der Waals surface area contributed by atoms with E-state index in [0.717, 1.165) is 5.56 Å². The van der Waals surface area contributed by atoms with Crippen molar-refractivity contribution < 1.29 is 12.9 Å². The van der Waals surface area contributed by atoms with Gasteiger partial charge in [-0.15, -0.1) is 0 Å². The first-order chi connectivity index (χ1) is 10.7. The van der Waals surface area contributed by atoms with Crippen molar-refractivity contribution in [2.45, 2.75) is 44.2 Å². The van der Waals surface area contributed by atoms with Crippen LogP contribution in [-0.4, -0.2) is 36.8 Å². The molecule has 1 heterocycles. The van der Waals surface area contributed by atoms with E-state index in [-0.39, 0.29) is 12.0 Å². The van der Waals surface area contributed by atoms with E-state index in [1.807, 2.05) is 33.0 Å². The molecule has 1 aromatic carbocycles. The van der Waals surface area contributed by atoms with Crippen LogP contribution in [0.5, 0.6) is 0 Å². The van der Waals surface area contributed by atoms with E-state index in [4.69, 9.17) is 4.52 Å². The normalized spacial score (nSPS) is 13.7. The first kappa shape index (κ1) is 17.6. The highest BCUT2D eigenvalue weighted by atomic mass is 32.2. The molecule has 0 spiro atoms. The third-order valence-electron chi connectivity index (χ3n) is 3.84. The zero-order valence-corrected chi connectivity index (χ0v) is 15.0. The lowest BCUT2D eigenvalue weighted by Crippen LogP contribution is -2.22. The maximum absolute atomic E-state index is 11.5. The van der Waals surface area contributed by atoms with Gasteiger partial charge in [-0.3, -0.25) is 4.90 Å². The highest BCUT2D eigenvalue weighted by Gasteiger charge is 2.17. The predicted octanol–water partition coefficient (Wildman–Crippen LogP) is 2.79. The largest absolute Gasteiger partial charge is 0.338 e. The van der Waals surface area contributed by atoms with Crippen molar-refractivity contribution in [2.24, 2.45) is 0 Å². The number of sulfone groups is 1. The molecule has 0 radical (unpaired) electrons. The van der Waals surface area contributed by atoms with Gasteiger partial charge in [0.1, 0.15) is 0 Å². The lowest BCUT2D eigenvalue weighted by molar-refractivity contribution is 0.216. The van der Waals surface area contributed by atoms with Gasteiger partial charge >= 0.3 is 0 Å². The predicted molar refractivity (Wildman–Crippen MR) is 87.8 cm³/mol. The van der Waals surface area contributed by atoms with Gasteiger partial charge in [-0.05, 0) is 31.7 Å². The second-order valence-electron chi connectivity index (χ2n) is 6.13. The number of rotatable bonds is 6. The van der Waals surface area contributed by atoms with E-state index < -0.39 is 9.84 Å². The SMILES string of the molecule is CC(C)c1noc(CN(C)C(C)c2ccc(S(C)(=O)=O)cc2)n1. The van der Waals surface area contributed by atoms with Gasteiger partial charge in [0.15, 0.2) is 15.7 Å². The minimum absolute atomic E-state index is 0.0954. The minimum atomic E-state index is -3.17. The van der Waals surface area contributed by atoms with Crippen LogP contribution in [0.2, 0.25) is 0 Å². The summed E-state index contributed by atoms with van der Waals surface area (Å²) < 4.78 is 28.3. The third-order valence-corrected chi connectivity index (χ3v) is 4.97. The number of aromatic nitrogens is 2. The molecule has 0 aliphatic rings. The Morgan fingerprint density at radius 1 is 1.17 bits per heavy atom. The minimum Gasteiger partial charge on any atom is -0.338 e. The van der Waals surface area contributed by atoms with Gasteiger partial charge in [0.25, 0.3) is 0 Å². The van der Waals surface area contributed by atoms with Crippen molar-refractivity contribution in [3.05, 3.63) is 41.5 Å². The number of benzene rings is 1.